The van der Waals surface area contributed by atoms with Gasteiger partial charge < -0.3 is 4.90 Å². The molecule has 4 heteroatoms. The van der Waals surface area contributed by atoms with E-state index in [9.17, 15) is 0 Å². The molecular weight excluding hydrogens is 186 g/mol. The van der Waals surface area contributed by atoms with Gasteiger partial charge in [-0.2, -0.15) is 5.26 Å². The number of hydrogen-bond acceptors (Lipinski definition) is 3. The molecular formula is C9H10ClN3. The largest absolute Gasteiger partial charge is 0.359 e. The van der Waals surface area contributed by atoms with Crippen molar-refractivity contribution in [3.63, 3.8) is 0 Å². The molecule has 0 N–H and O–H groups in total. The number of halogens is 1. The van der Waals surface area contributed by atoms with E-state index in [2.05, 4.69) is 4.98 Å². The van der Waals surface area contributed by atoms with Crippen LogP contribution in [0.5, 0.6) is 0 Å². The quantitative estimate of drug-likeness (QED) is 0.725. The fourth-order valence-electron chi connectivity index (χ4n) is 0.911. The number of nitriles is 1. The van der Waals surface area contributed by atoms with Gasteiger partial charge in [-0.05, 0) is 19.1 Å². The molecule has 0 saturated carbocycles. The second-order valence-corrected chi connectivity index (χ2v) is 3.04. The average molecular weight is 196 g/mol. The van der Waals surface area contributed by atoms with E-state index in [1.54, 1.807) is 12.1 Å². The lowest BCUT2D eigenvalue weighted by atomic mass is 10.3. The van der Waals surface area contributed by atoms with Crippen molar-refractivity contribution in [1.82, 2.24) is 4.98 Å². The van der Waals surface area contributed by atoms with E-state index in [4.69, 9.17) is 16.9 Å². The van der Waals surface area contributed by atoms with Crippen LogP contribution in [0.15, 0.2) is 12.1 Å². The minimum absolute atomic E-state index is 0.389. The summed E-state index contributed by atoms with van der Waals surface area (Å²) in [6, 6.07) is 5.27. The first-order valence-corrected chi connectivity index (χ1v) is 4.34. The van der Waals surface area contributed by atoms with E-state index in [1.165, 1.54) is 0 Å². The zero-order valence-corrected chi connectivity index (χ0v) is 8.34. The van der Waals surface area contributed by atoms with E-state index in [0.717, 1.165) is 6.54 Å². The van der Waals surface area contributed by atoms with Gasteiger partial charge in [-0.1, -0.05) is 11.6 Å². The van der Waals surface area contributed by atoms with Gasteiger partial charge >= 0.3 is 0 Å². The Morgan fingerprint density at radius 3 is 2.85 bits per heavy atom. The number of pyridine rings is 1. The Kier molecular flexibility index (Phi) is 3.10. The lowest BCUT2D eigenvalue weighted by molar-refractivity contribution is 0.936. The summed E-state index contributed by atoms with van der Waals surface area (Å²) in [5.74, 6) is 0.656. The Morgan fingerprint density at radius 1 is 1.62 bits per heavy atom. The molecule has 0 aromatic carbocycles. The molecule has 1 aromatic heterocycles. The van der Waals surface area contributed by atoms with E-state index in [1.807, 2.05) is 24.9 Å². The van der Waals surface area contributed by atoms with Gasteiger partial charge in [0.15, 0.2) is 0 Å². The highest BCUT2D eigenvalue weighted by Crippen LogP contribution is 2.21. The van der Waals surface area contributed by atoms with Gasteiger partial charge in [-0.25, -0.2) is 4.98 Å². The fraction of sp³-hybridized carbons (Fsp3) is 0.333. The van der Waals surface area contributed by atoms with Gasteiger partial charge in [0.1, 0.15) is 17.6 Å². The van der Waals surface area contributed by atoms with Crippen molar-refractivity contribution in [3.8, 4) is 6.07 Å². The molecule has 0 aliphatic heterocycles. The van der Waals surface area contributed by atoms with Crippen molar-refractivity contribution < 1.29 is 0 Å². The Hall–Kier alpha value is -1.27. The van der Waals surface area contributed by atoms with Gasteiger partial charge in [0.05, 0.1) is 5.02 Å². The Morgan fingerprint density at radius 2 is 2.31 bits per heavy atom. The van der Waals surface area contributed by atoms with Crippen molar-refractivity contribution in [3.05, 3.63) is 22.8 Å². The van der Waals surface area contributed by atoms with Crippen LogP contribution in [0, 0.1) is 11.3 Å². The third kappa shape index (κ3) is 2.10. The lowest BCUT2D eigenvalue weighted by Gasteiger charge is -2.16. The Bertz CT molecular complexity index is 343. The highest BCUT2D eigenvalue weighted by molar-refractivity contribution is 6.32. The Labute approximate surface area is 82.6 Å². The van der Waals surface area contributed by atoms with Crippen molar-refractivity contribution in [2.24, 2.45) is 0 Å². The number of aromatic nitrogens is 1. The summed E-state index contributed by atoms with van der Waals surface area (Å²) in [4.78, 5) is 5.99. The average Bonchev–Trinajstić information content (AvgIpc) is 2.17. The fourth-order valence-corrected chi connectivity index (χ4v) is 1.16. The molecule has 0 amide bonds. The predicted octanol–water partition coefficient (Wildman–Crippen LogP) is 2.06. The molecule has 0 saturated heterocycles. The minimum atomic E-state index is 0.389. The highest BCUT2D eigenvalue weighted by Gasteiger charge is 2.06. The van der Waals surface area contributed by atoms with Crippen LogP contribution in [0.3, 0.4) is 0 Å². The maximum absolute atomic E-state index is 8.63. The number of nitrogens with zero attached hydrogens (tertiary/aromatic N) is 3. The second kappa shape index (κ2) is 4.11. The van der Waals surface area contributed by atoms with Gasteiger partial charge in [0.25, 0.3) is 0 Å². The number of rotatable bonds is 2. The third-order valence-corrected chi connectivity index (χ3v) is 2.07. The topological polar surface area (TPSA) is 39.9 Å². The third-order valence-electron chi connectivity index (χ3n) is 1.78. The van der Waals surface area contributed by atoms with Crippen LogP contribution in [0.2, 0.25) is 5.02 Å². The summed E-state index contributed by atoms with van der Waals surface area (Å²) >= 11 is 5.91. The summed E-state index contributed by atoms with van der Waals surface area (Å²) < 4.78 is 0. The van der Waals surface area contributed by atoms with Crippen molar-refractivity contribution in [2.75, 3.05) is 18.5 Å². The maximum Gasteiger partial charge on any atom is 0.148 e. The van der Waals surface area contributed by atoms with Gasteiger partial charge in [0, 0.05) is 13.6 Å². The van der Waals surface area contributed by atoms with Crippen LogP contribution in [0.25, 0.3) is 0 Å². The van der Waals surface area contributed by atoms with Crippen LogP contribution < -0.4 is 4.90 Å². The van der Waals surface area contributed by atoms with Crippen molar-refractivity contribution in [1.29, 1.82) is 5.26 Å². The number of anilines is 1. The summed E-state index contributed by atoms with van der Waals surface area (Å²) in [5.41, 5.74) is 0.389. The predicted molar refractivity (Wildman–Crippen MR) is 52.9 cm³/mol. The maximum atomic E-state index is 8.63. The second-order valence-electron chi connectivity index (χ2n) is 2.63. The van der Waals surface area contributed by atoms with Crippen LogP contribution in [0.1, 0.15) is 12.6 Å². The molecule has 0 spiro atoms. The monoisotopic (exact) mass is 195 g/mol. The van der Waals surface area contributed by atoms with Gasteiger partial charge in [-0.15, -0.1) is 0 Å². The molecule has 0 bridgehead atoms. The molecule has 0 aliphatic carbocycles. The van der Waals surface area contributed by atoms with Crippen molar-refractivity contribution >= 4 is 17.4 Å². The normalized spacial score (nSPS) is 9.38. The SMILES string of the molecule is CCN(C)c1nc(C#N)ccc1Cl. The van der Waals surface area contributed by atoms with Crippen LogP contribution in [0.4, 0.5) is 5.82 Å². The first-order valence-electron chi connectivity index (χ1n) is 3.96. The van der Waals surface area contributed by atoms with Gasteiger partial charge in [-0.3, -0.25) is 0 Å². The molecule has 1 heterocycles. The molecule has 0 radical (unpaired) electrons. The molecule has 1 rings (SSSR count). The van der Waals surface area contributed by atoms with Crippen LogP contribution in [-0.2, 0) is 0 Å². The van der Waals surface area contributed by atoms with Crippen LogP contribution in [-0.4, -0.2) is 18.6 Å². The zero-order valence-electron chi connectivity index (χ0n) is 7.58. The Balaban J connectivity index is 3.12. The number of hydrogen-bond donors (Lipinski definition) is 0. The molecule has 68 valence electrons. The molecule has 13 heavy (non-hydrogen) atoms. The standard InChI is InChI=1S/C9H10ClN3/c1-3-13(2)9-8(10)5-4-7(6-11)12-9/h4-5H,3H2,1-2H3. The highest BCUT2D eigenvalue weighted by atomic mass is 35.5. The van der Waals surface area contributed by atoms with E-state index < -0.39 is 0 Å². The molecule has 0 atom stereocenters. The zero-order chi connectivity index (χ0) is 9.84. The summed E-state index contributed by atoms with van der Waals surface area (Å²) in [5, 5.41) is 9.21. The minimum Gasteiger partial charge on any atom is -0.359 e. The van der Waals surface area contributed by atoms with E-state index in [-0.39, 0.29) is 0 Å². The molecule has 1 aromatic rings. The summed E-state index contributed by atoms with van der Waals surface area (Å²) in [6.45, 7) is 2.80. The molecule has 3 nitrogen and oxygen atoms in total. The molecule has 0 aliphatic rings. The van der Waals surface area contributed by atoms with E-state index >= 15 is 0 Å². The van der Waals surface area contributed by atoms with Gasteiger partial charge in [0.2, 0.25) is 0 Å². The lowest BCUT2D eigenvalue weighted by Crippen LogP contribution is -2.17. The molecule has 0 fully saturated rings. The first kappa shape index (κ1) is 9.82. The smallest absolute Gasteiger partial charge is 0.148 e. The van der Waals surface area contributed by atoms with Crippen LogP contribution >= 0.6 is 11.6 Å². The van der Waals surface area contributed by atoms with E-state index in [0.29, 0.717) is 16.5 Å². The summed E-state index contributed by atoms with van der Waals surface area (Å²) in [6.07, 6.45) is 0. The first-order chi connectivity index (χ1) is 6.19. The molecule has 0 unspecified atom stereocenters. The van der Waals surface area contributed by atoms with Crippen molar-refractivity contribution in [2.45, 2.75) is 6.92 Å². The summed E-state index contributed by atoms with van der Waals surface area (Å²) in [7, 11) is 1.88.